The summed E-state index contributed by atoms with van der Waals surface area (Å²) < 4.78 is 13.2. The summed E-state index contributed by atoms with van der Waals surface area (Å²) in [6.07, 6.45) is 1.77. The number of benzene rings is 2. The van der Waals surface area contributed by atoms with Crippen LogP contribution in [0.25, 0.3) is 11.3 Å². The Bertz CT molecular complexity index is 1300. The Labute approximate surface area is 235 Å². The number of aliphatic hydroxyl groups excluding tert-OH is 1. The van der Waals surface area contributed by atoms with Crippen molar-refractivity contribution in [2.75, 3.05) is 32.8 Å². The highest BCUT2D eigenvalue weighted by Gasteiger charge is 2.38. The maximum Gasteiger partial charge on any atom is 0.410 e. The maximum atomic E-state index is 14.3. The van der Waals surface area contributed by atoms with Crippen molar-refractivity contribution in [3.8, 4) is 11.3 Å². The minimum atomic E-state index is -0.607. The second kappa shape index (κ2) is 11.8. The summed E-state index contributed by atoms with van der Waals surface area (Å²) in [5.74, 6) is -0.200. The molecular formula is C31H38N4O5. The van der Waals surface area contributed by atoms with E-state index in [1.54, 1.807) is 11.2 Å². The fourth-order valence-electron chi connectivity index (χ4n) is 5.44. The highest BCUT2D eigenvalue weighted by atomic mass is 16.6. The molecule has 40 heavy (non-hydrogen) atoms. The van der Waals surface area contributed by atoms with E-state index in [1.807, 2.05) is 90.9 Å². The number of carbonyl (C=O) groups is 2. The predicted octanol–water partition coefficient (Wildman–Crippen LogP) is 4.18. The van der Waals surface area contributed by atoms with Gasteiger partial charge in [0.1, 0.15) is 5.60 Å². The van der Waals surface area contributed by atoms with E-state index in [2.05, 4.69) is 4.98 Å². The van der Waals surface area contributed by atoms with Crippen LogP contribution in [-0.4, -0.2) is 87.1 Å². The number of aliphatic hydroxyl groups is 1. The molecule has 2 fully saturated rings. The number of piperazine rings is 1. The molecule has 5 rings (SSSR count). The lowest BCUT2D eigenvalue weighted by atomic mass is 10.0. The molecule has 0 aliphatic carbocycles. The van der Waals surface area contributed by atoms with Crippen LogP contribution in [0.1, 0.15) is 49.3 Å². The molecule has 0 spiro atoms. The summed E-state index contributed by atoms with van der Waals surface area (Å²) in [7, 11) is 0. The van der Waals surface area contributed by atoms with E-state index in [0.29, 0.717) is 57.1 Å². The Kier molecular flexibility index (Phi) is 8.23. The first-order chi connectivity index (χ1) is 19.2. The van der Waals surface area contributed by atoms with Crippen LogP contribution in [0, 0.1) is 0 Å². The second-order valence-electron chi connectivity index (χ2n) is 11.5. The summed E-state index contributed by atoms with van der Waals surface area (Å²) in [5, 5.41) is 10.8. The summed E-state index contributed by atoms with van der Waals surface area (Å²) in [5.41, 5.74) is 2.30. The number of rotatable bonds is 5. The van der Waals surface area contributed by atoms with E-state index < -0.39 is 11.7 Å². The standard InChI is InChI=1S/C31H38N4O5/c1-31(2,3)40-30(38)33-15-16-34(24(19-33)18-22-10-6-4-7-11-22)29(37)27-28(23-12-8-5-9-13-23)35(21-32-27)25-20-39-17-14-26(25)36/h4-13,21,24-26,36H,14-20H2,1-3H3/t24-,25?,26-/m1/s1. The number of hydrogen-bond acceptors (Lipinski definition) is 6. The quantitative estimate of drug-likeness (QED) is 0.516. The summed E-state index contributed by atoms with van der Waals surface area (Å²) in [6.45, 7) is 7.46. The van der Waals surface area contributed by atoms with E-state index in [1.165, 1.54) is 0 Å². The highest BCUT2D eigenvalue weighted by Crippen LogP contribution is 2.32. The molecule has 3 aromatic rings. The van der Waals surface area contributed by atoms with Crippen molar-refractivity contribution in [1.29, 1.82) is 0 Å². The van der Waals surface area contributed by atoms with Crippen molar-refractivity contribution in [2.24, 2.45) is 0 Å². The number of amides is 2. The zero-order valence-corrected chi connectivity index (χ0v) is 23.4. The number of hydrogen-bond donors (Lipinski definition) is 1. The Hall–Kier alpha value is -3.69. The molecule has 2 aliphatic rings. The number of ether oxygens (including phenoxy) is 2. The van der Waals surface area contributed by atoms with Gasteiger partial charge in [-0.1, -0.05) is 60.7 Å². The number of nitrogens with zero attached hydrogens (tertiary/aromatic N) is 4. The van der Waals surface area contributed by atoms with Crippen LogP contribution in [0.15, 0.2) is 67.0 Å². The molecule has 2 aliphatic heterocycles. The summed E-state index contributed by atoms with van der Waals surface area (Å²) >= 11 is 0. The first-order valence-electron chi connectivity index (χ1n) is 13.9. The second-order valence-corrected chi connectivity index (χ2v) is 11.5. The average molecular weight is 547 g/mol. The Morgan fingerprint density at radius 3 is 2.42 bits per heavy atom. The van der Waals surface area contributed by atoms with E-state index in [-0.39, 0.29) is 24.1 Å². The topological polar surface area (TPSA) is 97.1 Å². The van der Waals surface area contributed by atoms with Crippen LogP contribution in [0.2, 0.25) is 0 Å². The van der Waals surface area contributed by atoms with Crippen LogP contribution in [0.5, 0.6) is 0 Å². The molecule has 9 nitrogen and oxygen atoms in total. The van der Waals surface area contributed by atoms with Crippen LogP contribution < -0.4 is 0 Å². The zero-order valence-electron chi connectivity index (χ0n) is 23.4. The van der Waals surface area contributed by atoms with Gasteiger partial charge < -0.3 is 28.9 Å². The third kappa shape index (κ3) is 6.21. The molecular weight excluding hydrogens is 508 g/mol. The number of aromatic nitrogens is 2. The Balaban J connectivity index is 1.48. The van der Waals surface area contributed by atoms with Crippen LogP contribution in [0.4, 0.5) is 4.79 Å². The van der Waals surface area contributed by atoms with Gasteiger partial charge in [-0.15, -0.1) is 0 Å². The van der Waals surface area contributed by atoms with E-state index in [0.717, 1.165) is 11.1 Å². The van der Waals surface area contributed by atoms with Gasteiger partial charge in [0.05, 0.1) is 36.8 Å². The first kappa shape index (κ1) is 27.9. The third-order valence-corrected chi connectivity index (χ3v) is 7.40. The normalized spacial score (nSPS) is 21.8. The summed E-state index contributed by atoms with van der Waals surface area (Å²) in [4.78, 5) is 35.4. The van der Waals surface area contributed by atoms with Gasteiger partial charge in [0.2, 0.25) is 0 Å². The van der Waals surface area contributed by atoms with Gasteiger partial charge in [-0.2, -0.15) is 0 Å². The Morgan fingerprint density at radius 1 is 1.05 bits per heavy atom. The lowest BCUT2D eigenvalue weighted by molar-refractivity contribution is -0.0286. The van der Waals surface area contributed by atoms with Gasteiger partial charge >= 0.3 is 6.09 Å². The van der Waals surface area contributed by atoms with Crippen molar-refractivity contribution >= 4 is 12.0 Å². The molecule has 1 N–H and O–H groups in total. The van der Waals surface area contributed by atoms with E-state index in [9.17, 15) is 14.7 Å². The van der Waals surface area contributed by atoms with Crippen molar-refractivity contribution in [2.45, 2.75) is 57.4 Å². The fourth-order valence-corrected chi connectivity index (χ4v) is 5.44. The summed E-state index contributed by atoms with van der Waals surface area (Å²) in [6, 6.07) is 19.0. The SMILES string of the molecule is CC(C)(C)OC(=O)N1CCN(C(=O)c2ncn(C3COCC[C@H]3O)c2-c2ccccc2)[C@H](Cc2ccccc2)C1. The van der Waals surface area contributed by atoms with Gasteiger partial charge in [-0.25, -0.2) is 9.78 Å². The lowest BCUT2D eigenvalue weighted by Crippen LogP contribution is -2.58. The van der Waals surface area contributed by atoms with Crippen LogP contribution in [-0.2, 0) is 15.9 Å². The van der Waals surface area contributed by atoms with E-state index in [4.69, 9.17) is 9.47 Å². The van der Waals surface area contributed by atoms with Crippen LogP contribution in [0.3, 0.4) is 0 Å². The minimum Gasteiger partial charge on any atom is -0.444 e. The van der Waals surface area contributed by atoms with E-state index >= 15 is 0 Å². The van der Waals surface area contributed by atoms with Crippen molar-refractivity contribution in [1.82, 2.24) is 19.4 Å². The molecule has 2 amide bonds. The molecule has 2 saturated heterocycles. The number of imidazole rings is 1. The van der Waals surface area contributed by atoms with Gasteiger partial charge in [0.25, 0.3) is 5.91 Å². The number of carbonyl (C=O) groups excluding carboxylic acids is 2. The average Bonchev–Trinajstić information content (AvgIpc) is 3.38. The zero-order chi connectivity index (χ0) is 28.3. The molecule has 1 unspecified atom stereocenters. The van der Waals surface area contributed by atoms with Crippen LogP contribution >= 0.6 is 0 Å². The molecule has 1 aromatic heterocycles. The third-order valence-electron chi connectivity index (χ3n) is 7.40. The Morgan fingerprint density at radius 2 is 1.75 bits per heavy atom. The minimum absolute atomic E-state index is 0.200. The molecule has 0 radical (unpaired) electrons. The van der Waals surface area contributed by atoms with Crippen molar-refractivity contribution < 1.29 is 24.2 Å². The van der Waals surface area contributed by atoms with Gasteiger partial charge in [0, 0.05) is 31.8 Å². The van der Waals surface area contributed by atoms with Crippen molar-refractivity contribution in [3.05, 3.63) is 78.2 Å². The van der Waals surface area contributed by atoms with Gasteiger partial charge in [-0.3, -0.25) is 4.79 Å². The van der Waals surface area contributed by atoms with Gasteiger partial charge in [0.15, 0.2) is 5.69 Å². The first-order valence-corrected chi connectivity index (χ1v) is 13.9. The highest BCUT2D eigenvalue weighted by molar-refractivity contribution is 5.98. The smallest absolute Gasteiger partial charge is 0.410 e. The molecule has 9 heteroatoms. The fraction of sp³-hybridized carbons (Fsp3) is 0.452. The van der Waals surface area contributed by atoms with Gasteiger partial charge in [-0.05, 0) is 39.2 Å². The molecule has 212 valence electrons. The maximum absolute atomic E-state index is 14.3. The predicted molar refractivity (Wildman–Crippen MR) is 151 cm³/mol. The largest absolute Gasteiger partial charge is 0.444 e. The lowest BCUT2D eigenvalue weighted by Gasteiger charge is -2.41. The monoisotopic (exact) mass is 546 g/mol. The van der Waals surface area contributed by atoms with Crippen molar-refractivity contribution in [3.63, 3.8) is 0 Å². The molecule has 3 heterocycles. The molecule has 2 aromatic carbocycles. The molecule has 0 bridgehead atoms. The molecule has 0 saturated carbocycles. The molecule has 3 atom stereocenters.